The molecule has 1 N–H and O–H groups in total. The fourth-order valence-electron chi connectivity index (χ4n) is 4.23. The maximum atomic E-state index is 12.3. The maximum Gasteiger partial charge on any atom is 0.225 e. The minimum Gasteiger partial charge on any atom is -0.326 e. The van der Waals surface area contributed by atoms with E-state index >= 15 is 0 Å². The topological polar surface area (TPSA) is 35.6 Å². The molecule has 1 heterocycles. The fourth-order valence-corrected chi connectivity index (χ4v) is 4.23. The van der Waals surface area contributed by atoms with E-state index in [1.54, 1.807) is 0 Å². The Hall–Kier alpha value is -2.43. The van der Waals surface area contributed by atoms with Crippen molar-refractivity contribution in [2.45, 2.75) is 25.7 Å². The Morgan fingerprint density at radius 2 is 1.69 bits per heavy atom. The highest BCUT2D eigenvalue weighted by atomic mass is 16.1. The molecule has 4 heteroatoms. The third-order valence-corrected chi connectivity index (χ3v) is 5.98. The van der Waals surface area contributed by atoms with Crippen LogP contribution in [0.25, 0.3) is 6.08 Å². The van der Waals surface area contributed by atoms with Crippen molar-refractivity contribution < 1.29 is 4.79 Å². The van der Waals surface area contributed by atoms with Crippen molar-refractivity contribution in [3.8, 4) is 0 Å². The molecule has 1 aliphatic carbocycles. The zero-order valence-corrected chi connectivity index (χ0v) is 17.1. The maximum absolute atomic E-state index is 12.3. The molecule has 1 fully saturated rings. The van der Waals surface area contributed by atoms with Crippen LogP contribution in [0.1, 0.15) is 29.5 Å². The number of fused-ring (bicyclic) bond motifs is 1. The van der Waals surface area contributed by atoms with Gasteiger partial charge in [0.2, 0.25) is 5.91 Å². The number of rotatable bonds is 7. The molecular weight excluding hydrogens is 358 g/mol. The first-order valence-corrected chi connectivity index (χ1v) is 10.8. The Bertz CT molecular complexity index is 838. The number of carbonyl (C=O) groups excluding carboxylic acids is 1. The number of piperazine rings is 1. The molecule has 0 spiro atoms. The fraction of sp³-hybridized carbons (Fsp3) is 0.400. The van der Waals surface area contributed by atoms with E-state index in [1.807, 2.05) is 12.1 Å². The Morgan fingerprint density at radius 3 is 2.52 bits per heavy atom. The van der Waals surface area contributed by atoms with Crippen molar-refractivity contribution in [3.05, 3.63) is 71.3 Å². The van der Waals surface area contributed by atoms with Gasteiger partial charge in [0.1, 0.15) is 0 Å². The summed E-state index contributed by atoms with van der Waals surface area (Å²) in [5.41, 5.74) is 5.05. The van der Waals surface area contributed by atoms with Crippen LogP contribution in [0.15, 0.2) is 54.6 Å². The smallest absolute Gasteiger partial charge is 0.225 e. The van der Waals surface area contributed by atoms with Crippen molar-refractivity contribution in [2.75, 3.05) is 44.6 Å². The third-order valence-electron chi connectivity index (χ3n) is 5.98. The average Bonchev–Trinajstić information content (AvgIpc) is 3.22. The molecule has 0 unspecified atom stereocenters. The quantitative estimate of drug-likeness (QED) is 0.782. The number of benzene rings is 2. The molecule has 2 aromatic carbocycles. The number of aryl methyl sites for hydroxylation is 2. The molecule has 4 nitrogen and oxygen atoms in total. The second-order valence-electron chi connectivity index (χ2n) is 8.09. The van der Waals surface area contributed by atoms with Gasteiger partial charge in [0, 0.05) is 51.4 Å². The SMILES string of the molecule is O=C(CCN1CCN(C/C=C\c2ccccc2)CC1)Nc1ccc2c(c1)CCC2. The minimum absolute atomic E-state index is 0.121. The summed E-state index contributed by atoms with van der Waals surface area (Å²) in [4.78, 5) is 17.2. The van der Waals surface area contributed by atoms with Gasteiger partial charge in [-0.3, -0.25) is 9.69 Å². The summed E-state index contributed by atoms with van der Waals surface area (Å²) in [7, 11) is 0. The van der Waals surface area contributed by atoms with Gasteiger partial charge < -0.3 is 10.2 Å². The van der Waals surface area contributed by atoms with Crippen LogP contribution in [-0.4, -0.2) is 55.0 Å². The summed E-state index contributed by atoms with van der Waals surface area (Å²) in [6, 6.07) is 16.8. The van der Waals surface area contributed by atoms with Gasteiger partial charge in [-0.2, -0.15) is 0 Å². The summed E-state index contributed by atoms with van der Waals surface area (Å²) < 4.78 is 0. The normalized spacial score (nSPS) is 17.5. The van der Waals surface area contributed by atoms with E-state index in [2.05, 4.69) is 63.7 Å². The summed E-state index contributed by atoms with van der Waals surface area (Å²) in [6.07, 6.45) is 8.55. The largest absolute Gasteiger partial charge is 0.326 e. The lowest BCUT2D eigenvalue weighted by atomic mass is 10.1. The molecule has 1 aliphatic heterocycles. The van der Waals surface area contributed by atoms with Crippen molar-refractivity contribution in [1.29, 1.82) is 0 Å². The van der Waals surface area contributed by atoms with Gasteiger partial charge in [0.15, 0.2) is 0 Å². The molecule has 4 rings (SSSR count). The van der Waals surface area contributed by atoms with Gasteiger partial charge >= 0.3 is 0 Å². The van der Waals surface area contributed by atoms with E-state index in [-0.39, 0.29) is 5.91 Å². The van der Waals surface area contributed by atoms with Crippen LogP contribution >= 0.6 is 0 Å². The van der Waals surface area contributed by atoms with Gasteiger partial charge in [-0.05, 0) is 48.1 Å². The summed E-state index contributed by atoms with van der Waals surface area (Å²) in [5, 5.41) is 3.08. The van der Waals surface area contributed by atoms with Crippen LogP contribution in [0.3, 0.4) is 0 Å². The first kappa shape index (κ1) is 19.9. The average molecular weight is 390 g/mol. The molecule has 0 radical (unpaired) electrons. The number of carbonyl (C=O) groups is 1. The first-order valence-electron chi connectivity index (χ1n) is 10.8. The number of nitrogens with zero attached hydrogens (tertiary/aromatic N) is 2. The van der Waals surface area contributed by atoms with E-state index in [0.29, 0.717) is 6.42 Å². The summed E-state index contributed by atoms with van der Waals surface area (Å²) >= 11 is 0. The van der Waals surface area contributed by atoms with Gasteiger partial charge in [-0.25, -0.2) is 0 Å². The van der Waals surface area contributed by atoms with Gasteiger partial charge in [-0.15, -0.1) is 0 Å². The Morgan fingerprint density at radius 1 is 0.931 bits per heavy atom. The standard InChI is InChI=1S/C25H31N3O/c29-25(26-24-12-11-22-9-4-10-23(22)20-24)13-15-28-18-16-27(17-19-28)14-5-8-21-6-2-1-3-7-21/h1-3,5-8,11-12,20H,4,9-10,13-19H2,(H,26,29)/b8-5-. The number of anilines is 1. The number of amides is 1. The Labute approximate surface area is 174 Å². The number of nitrogens with one attached hydrogen (secondary N) is 1. The van der Waals surface area contributed by atoms with Gasteiger partial charge in [0.05, 0.1) is 0 Å². The molecule has 0 atom stereocenters. The Balaban J connectivity index is 1.14. The highest BCUT2D eigenvalue weighted by Crippen LogP contribution is 2.24. The third kappa shape index (κ3) is 5.78. The first-order chi connectivity index (χ1) is 14.3. The van der Waals surface area contributed by atoms with Gasteiger partial charge in [0.25, 0.3) is 0 Å². The second-order valence-corrected chi connectivity index (χ2v) is 8.09. The van der Waals surface area contributed by atoms with E-state index in [1.165, 1.54) is 29.5 Å². The molecule has 0 aromatic heterocycles. The molecule has 0 bridgehead atoms. The molecule has 152 valence electrons. The predicted octanol–water partition coefficient (Wildman–Crippen LogP) is 3.83. The molecule has 2 aliphatic rings. The van der Waals surface area contributed by atoms with Crippen LogP contribution in [-0.2, 0) is 17.6 Å². The highest BCUT2D eigenvalue weighted by molar-refractivity contribution is 5.91. The van der Waals surface area contributed by atoms with Crippen molar-refractivity contribution in [3.63, 3.8) is 0 Å². The van der Waals surface area contributed by atoms with Crippen LogP contribution in [0.5, 0.6) is 0 Å². The lowest BCUT2D eigenvalue weighted by molar-refractivity contribution is -0.116. The zero-order valence-electron chi connectivity index (χ0n) is 17.1. The number of hydrogen-bond acceptors (Lipinski definition) is 3. The molecule has 1 saturated heterocycles. The van der Waals surface area contributed by atoms with E-state index in [9.17, 15) is 4.79 Å². The van der Waals surface area contributed by atoms with E-state index in [0.717, 1.165) is 51.4 Å². The van der Waals surface area contributed by atoms with Crippen LogP contribution in [0, 0.1) is 0 Å². The lowest BCUT2D eigenvalue weighted by Crippen LogP contribution is -2.46. The zero-order chi connectivity index (χ0) is 19.9. The predicted molar refractivity (Wildman–Crippen MR) is 120 cm³/mol. The van der Waals surface area contributed by atoms with Crippen LogP contribution in [0.4, 0.5) is 5.69 Å². The molecule has 29 heavy (non-hydrogen) atoms. The van der Waals surface area contributed by atoms with E-state index in [4.69, 9.17) is 0 Å². The molecule has 2 aromatic rings. The second kappa shape index (κ2) is 9.86. The highest BCUT2D eigenvalue weighted by Gasteiger charge is 2.17. The van der Waals surface area contributed by atoms with E-state index < -0.39 is 0 Å². The Kier molecular flexibility index (Phi) is 6.75. The lowest BCUT2D eigenvalue weighted by Gasteiger charge is -2.34. The van der Waals surface area contributed by atoms with Gasteiger partial charge in [-0.1, -0.05) is 48.6 Å². The monoisotopic (exact) mass is 389 g/mol. The van der Waals surface area contributed by atoms with Crippen LogP contribution in [0.2, 0.25) is 0 Å². The van der Waals surface area contributed by atoms with Crippen molar-refractivity contribution in [2.24, 2.45) is 0 Å². The molecular formula is C25H31N3O. The number of hydrogen-bond donors (Lipinski definition) is 1. The summed E-state index contributed by atoms with van der Waals surface area (Å²) in [6.45, 7) is 6.01. The summed E-state index contributed by atoms with van der Waals surface area (Å²) in [5.74, 6) is 0.121. The molecule has 0 saturated carbocycles. The molecule has 1 amide bonds. The van der Waals surface area contributed by atoms with Crippen molar-refractivity contribution in [1.82, 2.24) is 9.80 Å². The van der Waals surface area contributed by atoms with Crippen LogP contribution < -0.4 is 5.32 Å². The minimum atomic E-state index is 0.121. The van der Waals surface area contributed by atoms with Crippen molar-refractivity contribution >= 4 is 17.7 Å².